The smallest absolute Gasteiger partial charge is 0.326 e. The van der Waals surface area contributed by atoms with Crippen LogP contribution in [0, 0.1) is 0 Å². The lowest BCUT2D eigenvalue weighted by molar-refractivity contribution is -0.117. The Labute approximate surface area is 112 Å². The van der Waals surface area contributed by atoms with E-state index >= 15 is 0 Å². The van der Waals surface area contributed by atoms with E-state index in [0.29, 0.717) is 0 Å². The molecular formula is C12H16N2O4S. The van der Waals surface area contributed by atoms with Crippen molar-refractivity contribution in [3.63, 3.8) is 0 Å². The van der Waals surface area contributed by atoms with Crippen LogP contribution in [0.5, 0.6) is 5.75 Å². The fourth-order valence-corrected chi connectivity index (χ4v) is 3.12. The van der Waals surface area contributed by atoms with Gasteiger partial charge in [-0.25, -0.2) is 9.03 Å². The molecule has 0 aliphatic carbocycles. The van der Waals surface area contributed by atoms with E-state index < -0.39 is 16.1 Å². The summed E-state index contributed by atoms with van der Waals surface area (Å²) in [5.41, 5.74) is 1.08. The molecule has 1 fully saturated rings. The first-order valence-corrected chi connectivity index (χ1v) is 7.53. The summed E-state index contributed by atoms with van der Waals surface area (Å²) in [4.78, 5) is 11.2. The number of aryl methyl sites for hydroxylation is 1. The number of hydrogen-bond donors (Lipinski definition) is 2. The molecule has 1 amide bonds. The number of amides is 1. The highest BCUT2D eigenvalue weighted by Gasteiger charge is 2.35. The Bertz CT molecular complexity index is 598. The third-order valence-electron chi connectivity index (χ3n) is 2.95. The van der Waals surface area contributed by atoms with Gasteiger partial charge in [0, 0.05) is 0 Å². The third-order valence-corrected chi connectivity index (χ3v) is 4.34. The van der Waals surface area contributed by atoms with Gasteiger partial charge in [0.15, 0.2) is 0 Å². The summed E-state index contributed by atoms with van der Waals surface area (Å²) < 4.78 is 26.2. The van der Waals surface area contributed by atoms with Crippen LogP contribution in [0.1, 0.15) is 25.3 Å². The normalized spacial score (nSPS) is 17.5. The van der Waals surface area contributed by atoms with Gasteiger partial charge in [0.25, 0.3) is 5.91 Å². The van der Waals surface area contributed by atoms with Gasteiger partial charge >= 0.3 is 10.2 Å². The highest BCUT2D eigenvalue weighted by Crippen LogP contribution is 2.31. The number of nitrogens with zero attached hydrogens (tertiary/aromatic N) is 1. The van der Waals surface area contributed by atoms with Crippen LogP contribution in [-0.4, -0.2) is 26.0 Å². The van der Waals surface area contributed by atoms with Gasteiger partial charge in [-0.15, -0.1) is 0 Å². The molecule has 0 aromatic heterocycles. The summed E-state index contributed by atoms with van der Waals surface area (Å²) in [5, 5.41) is 9.79. The van der Waals surface area contributed by atoms with Crippen molar-refractivity contribution < 1.29 is 18.3 Å². The van der Waals surface area contributed by atoms with E-state index in [2.05, 4.69) is 6.92 Å². The predicted molar refractivity (Wildman–Crippen MR) is 71.1 cm³/mol. The lowest BCUT2D eigenvalue weighted by atomic mass is 10.1. The van der Waals surface area contributed by atoms with Crippen molar-refractivity contribution in [2.24, 2.45) is 0 Å². The Morgan fingerprint density at radius 2 is 2.16 bits per heavy atom. The number of aromatic hydroxyl groups is 1. The summed E-state index contributed by atoms with van der Waals surface area (Å²) in [6.45, 7) is 1.77. The molecule has 0 bridgehead atoms. The molecule has 7 heteroatoms. The molecule has 6 nitrogen and oxygen atoms in total. The summed E-state index contributed by atoms with van der Waals surface area (Å²) >= 11 is 0. The van der Waals surface area contributed by atoms with Crippen molar-refractivity contribution in [1.82, 2.24) is 4.72 Å². The first-order valence-electron chi connectivity index (χ1n) is 6.09. The molecule has 0 unspecified atom stereocenters. The lowest BCUT2D eigenvalue weighted by Gasteiger charge is -2.17. The second-order valence-electron chi connectivity index (χ2n) is 4.46. The molecule has 1 saturated heterocycles. The number of nitrogens with one attached hydrogen (secondary N) is 1. The zero-order valence-electron chi connectivity index (χ0n) is 10.6. The molecule has 104 valence electrons. The van der Waals surface area contributed by atoms with Gasteiger partial charge in [0.1, 0.15) is 12.3 Å². The molecule has 19 heavy (non-hydrogen) atoms. The van der Waals surface area contributed by atoms with E-state index in [4.69, 9.17) is 0 Å². The van der Waals surface area contributed by atoms with E-state index in [1.807, 2.05) is 4.72 Å². The average molecular weight is 284 g/mol. The Morgan fingerprint density at radius 3 is 2.74 bits per heavy atom. The van der Waals surface area contributed by atoms with Gasteiger partial charge in [-0.3, -0.25) is 4.79 Å². The second kappa shape index (κ2) is 5.08. The topological polar surface area (TPSA) is 86.7 Å². The Kier molecular flexibility index (Phi) is 3.66. The maximum Gasteiger partial charge on any atom is 0.326 e. The summed E-state index contributed by atoms with van der Waals surface area (Å²) in [7, 11) is -3.88. The summed E-state index contributed by atoms with van der Waals surface area (Å²) in [5.74, 6) is -0.751. The maximum absolute atomic E-state index is 11.7. The fourth-order valence-electron chi connectivity index (χ4n) is 1.97. The quantitative estimate of drug-likeness (QED) is 0.860. The largest absolute Gasteiger partial charge is 0.506 e. The number of carbonyl (C=O) groups excluding carboxylic acids is 1. The zero-order chi connectivity index (χ0) is 14.0. The first kappa shape index (κ1) is 13.7. The standard InChI is InChI=1S/C12H16N2O4S/c1-2-3-4-9-5-6-11(15)10(7-9)14-8-12(16)13-19(14,17)18/h5-7,15H,2-4,8H2,1H3,(H,13,16). The van der Waals surface area contributed by atoms with Crippen molar-refractivity contribution in [1.29, 1.82) is 0 Å². The van der Waals surface area contributed by atoms with Gasteiger partial charge in [0.05, 0.1) is 5.69 Å². The van der Waals surface area contributed by atoms with Crippen LogP contribution in [0.3, 0.4) is 0 Å². The Morgan fingerprint density at radius 1 is 1.42 bits per heavy atom. The van der Waals surface area contributed by atoms with E-state index in [9.17, 15) is 18.3 Å². The molecule has 1 aliphatic rings. The number of phenols is 1. The minimum atomic E-state index is -3.88. The third kappa shape index (κ3) is 2.81. The van der Waals surface area contributed by atoms with Gasteiger partial charge in [0.2, 0.25) is 0 Å². The molecule has 0 radical (unpaired) electrons. The number of anilines is 1. The van der Waals surface area contributed by atoms with Gasteiger partial charge in [-0.05, 0) is 30.5 Å². The monoisotopic (exact) mass is 284 g/mol. The van der Waals surface area contributed by atoms with Crippen molar-refractivity contribution >= 4 is 21.8 Å². The maximum atomic E-state index is 11.7. The lowest BCUT2D eigenvalue weighted by Crippen LogP contribution is -2.29. The molecule has 1 aromatic carbocycles. The van der Waals surface area contributed by atoms with Crippen LogP contribution >= 0.6 is 0 Å². The van der Waals surface area contributed by atoms with Crippen LogP contribution in [-0.2, 0) is 21.4 Å². The Balaban J connectivity index is 2.36. The van der Waals surface area contributed by atoms with Crippen LogP contribution in [0.25, 0.3) is 0 Å². The average Bonchev–Trinajstić information content (AvgIpc) is 2.61. The highest BCUT2D eigenvalue weighted by molar-refractivity contribution is 7.92. The number of phenolic OH excluding ortho intramolecular Hbond substituents is 1. The molecule has 0 atom stereocenters. The van der Waals surface area contributed by atoms with Crippen LogP contribution < -0.4 is 9.03 Å². The number of rotatable bonds is 4. The first-order chi connectivity index (χ1) is 8.94. The zero-order valence-corrected chi connectivity index (χ0v) is 11.4. The second-order valence-corrected chi connectivity index (χ2v) is 6.06. The van der Waals surface area contributed by atoms with Crippen LogP contribution in [0.4, 0.5) is 5.69 Å². The van der Waals surface area contributed by atoms with E-state index in [1.54, 1.807) is 12.1 Å². The SMILES string of the molecule is CCCCc1ccc(O)c(N2CC(=O)NS2(=O)=O)c1. The molecule has 0 saturated carbocycles. The van der Waals surface area contributed by atoms with E-state index in [0.717, 1.165) is 29.1 Å². The minimum absolute atomic E-state index is 0.145. The summed E-state index contributed by atoms with van der Waals surface area (Å²) in [6, 6.07) is 4.83. The van der Waals surface area contributed by atoms with Gasteiger partial charge < -0.3 is 5.11 Å². The van der Waals surface area contributed by atoms with Crippen molar-refractivity contribution in [3.05, 3.63) is 23.8 Å². The number of unbranched alkanes of at least 4 members (excludes halogenated alkanes) is 1. The predicted octanol–water partition coefficient (Wildman–Crippen LogP) is 0.916. The molecule has 1 aromatic rings. The summed E-state index contributed by atoms with van der Waals surface area (Å²) in [6.07, 6.45) is 2.81. The molecular weight excluding hydrogens is 268 g/mol. The number of benzene rings is 1. The number of hydrogen-bond acceptors (Lipinski definition) is 4. The van der Waals surface area contributed by atoms with Gasteiger partial charge in [-0.2, -0.15) is 8.42 Å². The molecule has 2 rings (SSSR count). The highest BCUT2D eigenvalue weighted by atomic mass is 32.2. The Hall–Kier alpha value is -1.76. The molecule has 1 aliphatic heterocycles. The van der Waals surface area contributed by atoms with Crippen LogP contribution in [0.2, 0.25) is 0 Å². The van der Waals surface area contributed by atoms with E-state index in [1.165, 1.54) is 6.07 Å². The fraction of sp³-hybridized carbons (Fsp3) is 0.417. The molecule has 1 heterocycles. The number of carbonyl (C=O) groups is 1. The molecule has 2 N–H and O–H groups in total. The van der Waals surface area contributed by atoms with Crippen molar-refractivity contribution in [2.75, 3.05) is 10.8 Å². The van der Waals surface area contributed by atoms with Crippen LogP contribution in [0.15, 0.2) is 18.2 Å². The molecule has 0 spiro atoms. The van der Waals surface area contributed by atoms with Gasteiger partial charge in [-0.1, -0.05) is 19.4 Å². The van der Waals surface area contributed by atoms with E-state index in [-0.39, 0.29) is 18.0 Å². The van der Waals surface area contributed by atoms with Crippen molar-refractivity contribution in [3.8, 4) is 5.75 Å². The van der Waals surface area contributed by atoms with Crippen molar-refractivity contribution in [2.45, 2.75) is 26.2 Å². The minimum Gasteiger partial charge on any atom is -0.506 e.